The molecule has 5 nitrogen and oxygen atoms in total. The van der Waals surface area contributed by atoms with Gasteiger partial charge in [0.25, 0.3) is 0 Å². The van der Waals surface area contributed by atoms with E-state index < -0.39 is 5.97 Å². The van der Waals surface area contributed by atoms with Gasteiger partial charge in [-0.3, -0.25) is 4.40 Å². The smallest absolute Gasteiger partial charge is 0.356 e. The van der Waals surface area contributed by atoms with Crippen molar-refractivity contribution in [1.29, 1.82) is 0 Å². The molecule has 5 heteroatoms. The Morgan fingerprint density at radius 1 is 1.35 bits per heavy atom. The molecule has 2 aromatic rings. The SMILES string of the molecule is CC(C)(C)c1nc(C(=O)O)c2cccc(O)n12. The van der Waals surface area contributed by atoms with Crippen molar-refractivity contribution in [2.45, 2.75) is 26.2 Å². The van der Waals surface area contributed by atoms with Gasteiger partial charge in [0.05, 0.1) is 5.52 Å². The van der Waals surface area contributed by atoms with Crippen molar-refractivity contribution in [2.24, 2.45) is 0 Å². The van der Waals surface area contributed by atoms with Gasteiger partial charge in [0.2, 0.25) is 0 Å². The Hall–Kier alpha value is -2.04. The molecule has 2 aromatic heterocycles. The normalized spacial score (nSPS) is 11.9. The van der Waals surface area contributed by atoms with Crippen LogP contribution in [0.3, 0.4) is 0 Å². The van der Waals surface area contributed by atoms with E-state index >= 15 is 0 Å². The van der Waals surface area contributed by atoms with Gasteiger partial charge in [-0.1, -0.05) is 26.8 Å². The number of rotatable bonds is 1. The zero-order valence-electron chi connectivity index (χ0n) is 9.93. The number of fused-ring (bicyclic) bond motifs is 1. The first kappa shape index (κ1) is 11.4. The van der Waals surface area contributed by atoms with Gasteiger partial charge in [-0.2, -0.15) is 0 Å². The van der Waals surface area contributed by atoms with Gasteiger partial charge in [-0.15, -0.1) is 0 Å². The number of imidazole rings is 1. The molecule has 90 valence electrons. The van der Waals surface area contributed by atoms with E-state index in [0.717, 1.165) is 0 Å². The summed E-state index contributed by atoms with van der Waals surface area (Å²) in [5, 5.41) is 18.9. The Bertz CT molecular complexity index is 594. The maximum Gasteiger partial charge on any atom is 0.356 e. The lowest BCUT2D eigenvalue weighted by molar-refractivity contribution is 0.0693. The number of nitrogens with zero attached hydrogens (tertiary/aromatic N) is 2. The minimum absolute atomic E-state index is 0.00701. The second-order valence-electron chi connectivity index (χ2n) is 4.94. The maximum atomic E-state index is 11.1. The molecule has 0 aromatic carbocycles. The van der Waals surface area contributed by atoms with Crippen LogP contribution < -0.4 is 0 Å². The first-order chi connectivity index (χ1) is 7.82. The quantitative estimate of drug-likeness (QED) is 0.791. The van der Waals surface area contributed by atoms with Gasteiger partial charge in [0.15, 0.2) is 11.6 Å². The van der Waals surface area contributed by atoms with Gasteiger partial charge in [-0.05, 0) is 12.1 Å². The van der Waals surface area contributed by atoms with Crippen LogP contribution in [0, 0.1) is 0 Å². The fraction of sp³-hybridized carbons (Fsp3) is 0.333. The predicted octanol–water partition coefficient (Wildman–Crippen LogP) is 2.04. The molecule has 0 saturated carbocycles. The first-order valence-electron chi connectivity index (χ1n) is 5.26. The number of carboxylic acids is 1. The molecular weight excluding hydrogens is 220 g/mol. The molecule has 0 aliphatic heterocycles. The molecule has 0 radical (unpaired) electrons. The van der Waals surface area contributed by atoms with Crippen molar-refractivity contribution in [3.8, 4) is 5.88 Å². The Balaban J connectivity index is 2.91. The molecule has 0 aliphatic carbocycles. The molecule has 0 spiro atoms. The molecule has 17 heavy (non-hydrogen) atoms. The van der Waals surface area contributed by atoms with E-state index in [1.54, 1.807) is 12.1 Å². The van der Waals surface area contributed by atoms with Crippen LogP contribution in [0.15, 0.2) is 18.2 Å². The van der Waals surface area contributed by atoms with Crippen LogP contribution >= 0.6 is 0 Å². The van der Waals surface area contributed by atoms with Crippen molar-refractivity contribution in [3.63, 3.8) is 0 Å². The van der Waals surface area contributed by atoms with Gasteiger partial charge in [0.1, 0.15) is 5.82 Å². The Labute approximate surface area is 98.3 Å². The number of pyridine rings is 1. The maximum absolute atomic E-state index is 11.1. The number of carboxylic acid groups (broad SMARTS) is 1. The van der Waals surface area contributed by atoms with Crippen molar-refractivity contribution in [2.75, 3.05) is 0 Å². The van der Waals surface area contributed by atoms with Crippen LogP contribution in [0.4, 0.5) is 0 Å². The van der Waals surface area contributed by atoms with Crippen molar-refractivity contribution >= 4 is 11.5 Å². The average Bonchev–Trinajstić information content (AvgIpc) is 2.57. The van der Waals surface area contributed by atoms with E-state index in [9.17, 15) is 9.90 Å². The lowest BCUT2D eigenvalue weighted by Crippen LogP contribution is -2.16. The molecule has 0 amide bonds. The molecule has 2 heterocycles. The van der Waals surface area contributed by atoms with Gasteiger partial charge in [-0.25, -0.2) is 9.78 Å². The molecule has 0 aliphatic rings. The summed E-state index contributed by atoms with van der Waals surface area (Å²) in [5.41, 5.74) is 0.0170. The van der Waals surface area contributed by atoms with E-state index in [0.29, 0.717) is 11.3 Å². The Morgan fingerprint density at radius 2 is 2.00 bits per heavy atom. The number of aromatic nitrogens is 2. The molecule has 0 unspecified atom stereocenters. The third kappa shape index (κ3) is 1.73. The third-order valence-corrected chi connectivity index (χ3v) is 2.51. The van der Waals surface area contributed by atoms with Crippen LogP contribution in [-0.4, -0.2) is 25.6 Å². The highest BCUT2D eigenvalue weighted by atomic mass is 16.4. The standard InChI is InChI=1S/C12H14N2O3/c1-12(2,3)11-13-9(10(16)17)7-5-4-6-8(15)14(7)11/h4-6,15H,1-3H3,(H,16,17). The minimum Gasteiger partial charge on any atom is -0.494 e. The zero-order chi connectivity index (χ0) is 12.8. The molecule has 0 fully saturated rings. The van der Waals surface area contributed by atoms with E-state index in [1.807, 2.05) is 20.8 Å². The summed E-state index contributed by atoms with van der Waals surface area (Å²) in [6.45, 7) is 5.75. The topological polar surface area (TPSA) is 74.8 Å². The number of hydrogen-bond donors (Lipinski definition) is 2. The van der Waals surface area contributed by atoms with Crippen LogP contribution in [-0.2, 0) is 5.41 Å². The summed E-state index contributed by atoms with van der Waals surface area (Å²) in [6.07, 6.45) is 0. The summed E-state index contributed by atoms with van der Waals surface area (Å²) in [6, 6.07) is 4.74. The summed E-state index contributed by atoms with van der Waals surface area (Å²) in [4.78, 5) is 15.2. The molecule has 2 rings (SSSR count). The second-order valence-corrected chi connectivity index (χ2v) is 4.94. The highest BCUT2D eigenvalue weighted by Crippen LogP contribution is 2.28. The van der Waals surface area contributed by atoms with Crippen LogP contribution in [0.1, 0.15) is 37.1 Å². The molecule has 0 bridgehead atoms. The Kier molecular flexibility index (Phi) is 2.34. The van der Waals surface area contributed by atoms with Crippen molar-refractivity contribution in [3.05, 3.63) is 29.7 Å². The van der Waals surface area contributed by atoms with E-state index in [4.69, 9.17) is 5.11 Å². The van der Waals surface area contributed by atoms with Crippen LogP contribution in [0.2, 0.25) is 0 Å². The first-order valence-corrected chi connectivity index (χ1v) is 5.26. The largest absolute Gasteiger partial charge is 0.494 e. The summed E-state index contributed by atoms with van der Waals surface area (Å²) in [5.74, 6) is -0.570. The average molecular weight is 234 g/mol. The lowest BCUT2D eigenvalue weighted by Gasteiger charge is -2.17. The summed E-state index contributed by atoms with van der Waals surface area (Å²) < 4.78 is 1.48. The van der Waals surface area contributed by atoms with Gasteiger partial charge < -0.3 is 10.2 Å². The highest BCUT2D eigenvalue weighted by Gasteiger charge is 2.26. The van der Waals surface area contributed by atoms with Gasteiger partial charge in [0, 0.05) is 5.41 Å². The number of aromatic carboxylic acids is 1. The third-order valence-electron chi connectivity index (χ3n) is 2.51. The predicted molar refractivity (Wildman–Crippen MR) is 62.5 cm³/mol. The fourth-order valence-corrected chi connectivity index (χ4v) is 1.78. The van der Waals surface area contributed by atoms with E-state index in [1.165, 1.54) is 10.5 Å². The fourth-order valence-electron chi connectivity index (χ4n) is 1.78. The van der Waals surface area contributed by atoms with Crippen LogP contribution in [0.5, 0.6) is 5.88 Å². The van der Waals surface area contributed by atoms with Crippen LogP contribution in [0.25, 0.3) is 5.52 Å². The van der Waals surface area contributed by atoms with E-state index in [2.05, 4.69) is 4.98 Å². The van der Waals surface area contributed by atoms with Crippen molar-refractivity contribution < 1.29 is 15.0 Å². The number of hydrogen-bond acceptors (Lipinski definition) is 3. The molecular formula is C12H14N2O3. The monoisotopic (exact) mass is 234 g/mol. The van der Waals surface area contributed by atoms with E-state index in [-0.39, 0.29) is 17.0 Å². The lowest BCUT2D eigenvalue weighted by atomic mass is 9.96. The number of carbonyl (C=O) groups is 1. The molecule has 0 saturated heterocycles. The van der Waals surface area contributed by atoms with Crippen molar-refractivity contribution in [1.82, 2.24) is 9.38 Å². The summed E-state index contributed by atoms with van der Waals surface area (Å²) >= 11 is 0. The molecule has 0 atom stereocenters. The van der Waals surface area contributed by atoms with Gasteiger partial charge >= 0.3 is 5.97 Å². The minimum atomic E-state index is -1.09. The Morgan fingerprint density at radius 3 is 2.53 bits per heavy atom. The second kappa shape index (κ2) is 3.48. The number of aromatic hydroxyl groups is 1. The molecule has 2 N–H and O–H groups in total. The summed E-state index contributed by atoms with van der Waals surface area (Å²) in [7, 11) is 0. The zero-order valence-corrected chi connectivity index (χ0v) is 9.93. The highest BCUT2D eigenvalue weighted by molar-refractivity contribution is 5.94.